The maximum atomic E-state index is 13.1. The Morgan fingerprint density at radius 3 is 2.64 bits per heavy atom. The number of fused-ring (bicyclic) bond motifs is 5. The zero-order valence-corrected chi connectivity index (χ0v) is 22.3. The van der Waals surface area contributed by atoms with Gasteiger partial charge < -0.3 is 14.6 Å². The van der Waals surface area contributed by atoms with Crippen LogP contribution in [0.1, 0.15) is 79.6 Å². The van der Waals surface area contributed by atoms with Crippen molar-refractivity contribution in [3.05, 3.63) is 34.9 Å². The summed E-state index contributed by atoms with van der Waals surface area (Å²) in [5, 5.41) is 12.3. The summed E-state index contributed by atoms with van der Waals surface area (Å²) in [7, 11) is 0. The van der Waals surface area contributed by atoms with Gasteiger partial charge in [-0.05, 0) is 81.6 Å². The lowest BCUT2D eigenvalue weighted by Gasteiger charge is -2.58. The van der Waals surface area contributed by atoms with E-state index in [1.165, 1.54) is 12.5 Å². The first-order chi connectivity index (χ1) is 16.9. The van der Waals surface area contributed by atoms with Gasteiger partial charge in [0.05, 0.1) is 16.6 Å². The lowest BCUT2D eigenvalue weighted by atomic mass is 9.46. The van der Waals surface area contributed by atoms with E-state index in [2.05, 4.69) is 19.9 Å². The summed E-state index contributed by atoms with van der Waals surface area (Å²) in [6, 6.07) is 0. The number of ketones is 1. The first-order valence-electron chi connectivity index (χ1n) is 13.6. The average molecular weight is 497 g/mol. The Bertz CT molecular complexity index is 1080. The van der Waals surface area contributed by atoms with E-state index in [9.17, 15) is 19.5 Å². The number of hydrogen-bond donors (Lipinski definition) is 1. The van der Waals surface area contributed by atoms with E-state index >= 15 is 0 Å². The third-order valence-electron chi connectivity index (χ3n) is 11.1. The molecule has 2 saturated carbocycles. The molecule has 0 aromatic carbocycles. The van der Waals surface area contributed by atoms with Gasteiger partial charge in [0.15, 0.2) is 5.78 Å². The Labute approximate surface area is 214 Å². The molecule has 0 radical (unpaired) electrons. The summed E-state index contributed by atoms with van der Waals surface area (Å²) in [6.07, 6.45) is 11.4. The molecule has 4 aliphatic carbocycles. The molecule has 0 aromatic rings. The minimum Gasteiger partial charge on any atom is -0.461 e. The van der Waals surface area contributed by atoms with Crippen molar-refractivity contribution in [2.45, 2.75) is 91.3 Å². The first kappa shape index (κ1) is 25.4. The largest absolute Gasteiger partial charge is 0.461 e. The fourth-order valence-electron chi connectivity index (χ4n) is 8.75. The molecule has 2 fully saturated rings. The number of cyclic esters (lactones) is 1. The van der Waals surface area contributed by atoms with Crippen LogP contribution in [-0.2, 0) is 23.9 Å². The third kappa shape index (κ3) is 3.50. The molecule has 1 N–H and O–H groups in total. The summed E-state index contributed by atoms with van der Waals surface area (Å²) >= 11 is 0. The van der Waals surface area contributed by atoms with E-state index in [1.807, 2.05) is 19.9 Å². The molecule has 0 saturated heterocycles. The topological polar surface area (TPSA) is 89.9 Å². The number of ether oxygens (including phenoxy) is 2. The van der Waals surface area contributed by atoms with Crippen molar-refractivity contribution in [2.24, 2.45) is 34.5 Å². The van der Waals surface area contributed by atoms with Crippen molar-refractivity contribution in [3.63, 3.8) is 0 Å². The molecule has 0 unspecified atom stereocenters. The highest BCUT2D eigenvalue weighted by Gasteiger charge is 2.66. The van der Waals surface area contributed by atoms with Crippen LogP contribution in [0.2, 0.25) is 0 Å². The Hall–Kier alpha value is -2.21. The quantitative estimate of drug-likeness (QED) is 0.442. The van der Waals surface area contributed by atoms with Crippen molar-refractivity contribution in [1.29, 1.82) is 0 Å². The number of carbonyl (C=O) groups excluding carboxylic acids is 3. The number of rotatable bonds is 4. The SMILES string of the molecule is CC(=O)OCC1=C(C)C[C@@H]([C@@H](C)[C@@]2(O)CC[C@H]3[C@@H]4CC=C5CC=CC(=O)[C@]5(C)[C@@H]4CC[C@@]32C)OC1=O. The molecule has 6 heteroatoms. The van der Waals surface area contributed by atoms with Gasteiger partial charge in [0.2, 0.25) is 0 Å². The number of hydrogen-bond acceptors (Lipinski definition) is 6. The van der Waals surface area contributed by atoms with Gasteiger partial charge in [0.25, 0.3) is 0 Å². The van der Waals surface area contributed by atoms with Crippen LogP contribution in [0.3, 0.4) is 0 Å². The summed E-state index contributed by atoms with van der Waals surface area (Å²) in [4.78, 5) is 37.2. The summed E-state index contributed by atoms with van der Waals surface area (Å²) in [6.45, 7) is 9.54. The fraction of sp³-hybridized carbons (Fsp3) is 0.700. The smallest absolute Gasteiger partial charge is 0.337 e. The molecular formula is C30H40O6. The second-order valence-corrected chi connectivity index (χ2v) is 12.4. The van der Waals surface area contributed by atoms with E-state index in [4.69, 9.17) is 9.47 Å². The second kappa shape index (κ2) is 8.68. The molecule has 5 rings (SSSR count). The number of aliphatic hydroxyl groups is 1. The number of allylic oxidation sites excluding steroid dienone is 4. The van der Waals surface area contributed by atoms with Crippen LogP contribution in [-0.4, -0.2) is 41.1 Å². The monoisotopic (exact) mass is 496 g/mol. The molecular weight excluding hydrogens is 456 g/mol. The Balaban J connectivity index is 1.38. The maximum Gasteiger partial charge on any atom is 0.337 e. The molecule has 36 heavy (non-hydrogen) atoms. The maximum absolute atomic E-state index is 13.1. The van der Waals surface area contributed by atoms with Crippen molar-refractivity contribution in [3.8, 4) is 0 Å². The van der Waals surface area contributed by atoms with Gasteiger partial charge in [-0.25, -0.2) is 4.79 Å². The predicted molar refractivity (Wildman–Crippen MR) is 135 cm³/mol. The molecule has 8 atom stereocenters. The highest BCUT2D eigenvalue weighted by molar-refractivity contribution is 5.98. The molecule has 0 spiro atoms. The second-order valence-electron chi connectivity index (χ2n) is 12.4. The van der Waals surface area contributed by atoms with Crippen molar-refractivity contribution >= 4 is 17.7 Å². The van der Waals surface area contributed by atoms with Crippen molar-refractivity contribution < 1.29 is 29.0 Å². The van der Waals surface area contributed by atoms with E-state index < -0.39 is 29.1 Å². The van der Waals surface area contributed by atoms with Gasteiger partial charge in [-0.2, -0.15) is 0 Å². The molecule has 196 valence electrons. The Kier molecular flexibility index (Phi) is 6.13. The van der Waals surface area contributed by atoms with Crippen molar-refractivity contribution in [2.75, 3.05) is 6.61 Å². The van der Waals surface area contributed by atoms with E-state index in [-0.39, 0.29) is 23.7 Å². The fourth-order valence-corrected chi connectivity index (χ4v) is 8.75. The summed E-state index contributed by atoms with van der Waals surface area (Å²) in [5.41, 5.74) is 0.874. The highest BCUT2D eigenvalue weighted by atomic mass is 16.6. The van der Waals surface area contributed by atoms with Crippen molar-refractivity contribution in [1.82, 2.24) is 0 Å². The number of carbonyl (C=O) groups is 3. The molecule has 1 heterocycles. The highest BCUT2D eigenvalue weighted by Crippen LogP contribution is 2.68. The summed E-state index contributed by atoms with van der Waals surface area (Å²) in [5.74, 6) is 0.131. The van der Waals surface area contributed by atoms with Crippen LogP contribution in [0.25, 0.3) is 0 Å². The average Bonchev–Trinajstić information content (AvgIpc) is 3.10. The lowest BCUT2D eigenvalue weighted by Crippen LogP contribution is -2.59. The zero-order chi connectivity index (χ0) is 26.0. The minimum absolute atomic E-state index is 0.0730. The molecule has 0 aromatic heterocycles. The molecule has 0 amide bonds. The minimum atomic E-state index is -0.956. The van der Waals surface area contributed by atoms with Crippen LogP contribution in [0, 0.1) is 34.5 Å². The van der Waals surface area contributed by atoms with Crippen LogP contribution >= 0.6 is 0 Å². The molecule has 6 nitrogen and oxygen atoms in total. The lowest BCUT2D eigenvalue weighted by molar-refractivity contribution is -0.181. The Morgan fingerprint density at radius 2 is 1.94 bits per heavy atom. The third-order valence-corrected chi connectivity index (χ3v) is 11.1. The molecule has 1 aliphatic heterocycles. The Morgan fingerprint density at radius 1 is 1.22 bits per heavy atom. The molecule has 5 aliphatic rings. The first-order valence-corrected chi connectivity index (χ1v) is 13.6. The normalized spacial score (nSPS) is 42.7. The zero-order valence-electron chi connectivity index (χ0n) is 22.3. The van der Waals surface area contributed by atoms with E-state index in [1.54, 1.807) is 6.08 Å². The van der Waals surface area contributed by atoms with E-state index in [0.717, 1.165) is 37.7 Å². The van der Waals surface area contributed by atoms with Gasteiger partial charge >= 0.3 is 11.9 Å². The van der Waals surface area contributed by atoms with Gasteiger partial charge in [0.1, 0.15) is 12.7 Å². The van der Waals surface area contributed by atoms with Crippen LogP contribution in [0.15, 0.2) is 34.9 Å². The van der Waals surface area contributed by atoms with Crippen LogP contribution < -0.4 is 0 Å². The standard InChI is InChI=1S/C30H40O6/c1-17-15-25(36-27(33)22(17)16-35-19(3)31)18(2)30(34)14-12-23-21-10-9-20-7-6-8-26(32)29(20,5)24(21)11-13-28(23,30)4/h6,8-9,18,21,23-25,34H,7,10-16H2,1-5H3/t18-,21+,23+,24-,25+,28+,29+,30+/m1/s1. The van der Waals surface area contributed by atoms with Gasteiger partial charge in [0, 0.05) is 19.3 Å². The van der Waals surface area contributed by atoms with E-state index in [0.29, 0.717) is 36.2 Å². The van der Waals surface area contributed by atoms with Crippen LogP contribution in [0.5, 0.6) is 0 Å². The number of esters is 2. The van der Waals surface area contributed by atoms with Gasteiger partial charge in [-0.15, -0.1) is 0 Å². The van der Waals surface area contributed by atoms with Gasteiger partial charge in [-0.3, -0.25) is 9.59 Å². The van der Waals surface area contributed by atoms with Gasteiger partial charge in [-0.1, -0.05) is 37.1 Å². The molecule has 0 bridgehead atoms. The van der Waals surface area contributed by atoms with Crippen LogP contribution in [0.4, 0.5) is 0 Å². The predicted octanol–water partition coefficient (Wildman–Crippen LogP) is 4.86. The summed E-state index contributed by atoms with van der Waals surface area (Å²) < 4.78 is 10.9.